The molecular weight excluding hydrogens is 224 g/mol. The lowest BCUT2D eigenvalue weighted by molar-refractivity contribution is 0.396. The topological polar surface area (TPSA) is 37.0 Å². The Balaban J connectivity index is 2.13. The minimum Gasteiger partial charge on any atom is -0.496 e. The number of nitrogens with one attached hydrogen (secondary N) is 2. The zero-order valence-electron chi connectivity index (χ0n) is 11.0. The van der Waals surface area contributed by atoms with Crippen LogP contribution in [0, 0.1) is 6.92 Å². The van der Waals surface area contributed by atoms with Gasteiger partial charge >= 0.3 is 0 Å². The number of aromatic amines is 1. The fourth-order valence-corrected chi connectivity index (χ4v) is 3.04. The van der Waals surface area contributed by atoms with Crippen molar-refractivity contribution in [2.75, 3.05) is 20.2 Å². The third-order valence-electron chi connectivity index (χ3n) is 4.01. The van der Waals surface area contributed by atoms with Crippen LogP contribution in [0.1, 0.15) is 29.9 Å². The average molecular weight is 244 g/mol. The Kier molecular flexibility index (Phi) is 3.00. The molecule has 0 radical (unpaired) electrons. The third-order valence-corrected chi connectivity index (χ3v) is 4.01. The average Bonchev–Trinajstić information content (AvgIpc) is 2.81. The molecule has 2 heterocycles. The predicted octanol–water partition coefficient (Wildman–Crippen LogP) is 2.95. The summed E-state index contributed by atoms with van der Waals surface area (Å²) >= 11 is 0. The Labute approximate surface area is 108 Å². The van der Waals surface area contributed by atoms with Crippen LogP contribution in [0.4, 0.5) is 0 Å². The van der Waals surface area contributed by atoms with E-state index in [9.17, 15) is 0 Å². The first-order valence-corrected chi connectivity index (χ1v) is 6.66. The van der Waals surface area contributed by atoms with Gasteiger partial charge in [-0.15, -0.1) is 0 Å². The fourth-order valence-electron chi connectivity index (χ4n) is 3.04. The molecule has 0 bridgehead atoms. The smallest absolute Gasteiger partial charge is 0.131 e. The van der Waals surface area contributed by atoms with Gasteiger partial charge in [0.25, 0.3) is 0 Å². The van der Waals surface area contributed by atoms with Gasteiger partial charge in [-0.2, -0.15) is 0 Å². The minimum absolute atomic E-state index is 0.625. The second kappa shape index (κ2) is 4.65. The highest BCUT2D eigenvalue weighted by Crippen LogP contribution is 2.38. The van der Waals surface area contributed by atoms with Crippen molar-refractivity contribution in [2.45, 2.75) is 25.7 Å². The summed E-state index contributed by atoms with van der Waals surface area (Å²) in [5.41, 5.74) is 3.80. The van der Waals surface area contributed by atoms with E-state index >= 15 is 0 Å². The Morgan fingerprint density at radius 2 is 2.00 bits per heavy atom. The Hall–Kier alpha value is -1.48. The van der Waals surface area contributed by atoms with Crippen LogP contribution in [-0.2, 0) is 0 Å². The van der Waals surface area contributed by atoms with Crippen molar-refractivity contribution < 1.29 is 4.74 Å². The van der Waals surface area contributed by atoms with Crippen LogP contribution in [0.3, 0.4) is 0 Å². The molecule has 1 aliphatic rings. The zero-order chi connectivity index (χ0) is 12.5. The maximum atomic E-state index is 5.71. The summed E-state index contributed by atoms with van der Waals surface area (Å²) in [7, 11) is 1.78. The van der Waals surface area contributed by atoms with Gasteiger partial charge in [0.1, 0.15) is 5.75 Å². The molecule has 1 aromatic carbocycles. The van der Waals surface area contributed by atoms with Crippen LogP contribution in [-0.4, -0.2) is 25.2 Å². The minimum atomic E-state index is 0.625. The van der Waals surface area contributed by atoms with E-state index < -0.39 is 0 Å². The number of H-pyrrole nitrogens is 1. The van der Waals surface area contributed by atoms with Crippen molar-refractivity contribution in [3.05, 3.63) is 29.5 Å². The highest BCUT2D eigenvalue weighted by Gasteiger charge is 2.21. The lowest BCUT2D eigenvalue weighted by atomic mass is 9.88. The van der Waals surface area contributed by atoms with Crippen LogP contribution >= 0.6 is 0 Å². The first-order valence-electron chi connectivity index (χ1n) is 6.66. The number of rotatable bonds is 2. The third kappa shape index (κ3) is 1.79. The molecule has 96 valence electrons. The molecule has 3 rings (SSSR count). The van der Waals surface area contributed by atoms with Crippen LogP contribution in [0.2, 0.25) is 0 Å². The second-order valence-corrected chi connectivity index (χ2v) is 5.11. The molecule has 1 aliphatic heterocycles. The van der Waals surface area contributed by atoms with Crippen molar-refractivity contribution in [1.29, 1.82) is 0 Å². The Bertz CT molecular complexity index is 553. The van der Waals surface area contributed by atoms with E-state index in [0.717, 1.165) is 18.8 Å². The summed E-state index contributed by atoms with van der Waals surface area (Å²) in [4.78, 5) is 3.30. The van der Waals surface area contributed by atoms with Crippen LogP contribution in [0.25, 0.3) is 10.9 Å². The predicted molar refractivity (Wildman–Crippen MR) is 74.4 cm³/mol. The van der Waals surface area contributed by atoms with E-state index in [0.29, 0.717) is 5.92 Å². The number of methoxy groups -OCH3 is 1. The molecule has 3 nitrogen and oxygen atoms in total. The highest BCUT2D eigenvalue weighted by atomic mass is 16.5. The number of hydrogen-bond acceptors (Lipinski definition) is 2. The van der Waals surface area contributed by atoms with Gasteiger partial charge in [-0.25, -0.2) is 0 Å². The van der Waals surface area contributed by atoms with Crippen molar-refractivity contribution in [2.24, 2.45) is 0 Å². The summed E-state index contributed by atoms with van der Waals surface area (Å²) in [5, 5.41) is 4.66. The quantitative estimate of drug-likeness (QED) is 0.852. The van der Waals surface area contributed by atoms with Gasteiger partial charge in [0.2, 0.25) is 0 Å². The largest absolute Gasteiger partial charge is 0.496 e. The van der Waals surface area contributed by atoms with Crippen molar-refractivity contribution in [3.8, 4) is 5.75 Å². The molecule has 0 saturated carbocycles. The van der Waals surface area contributed by atoms with E-state index in [4.69, 9.17) is 4.74 Å². The molecule has 18 heavy (non-hydrogen) atoms. The maximum Gasteiger partial charge on any atom is 0.131 e. The molecule has 0 aliphatic carbocycles. The van der Waals surface area contributed by atoms with Gasteiger partial charge in [0, 0.05) is 17.1 Å². The molecular formula is C15H20N2O. The summed E-state index contributed by atoms with van der Waals surface area (Å²) in [5.74, 6) is 1.69. The van der Waals surface area contributed by atoms with Crippen molar-refractivity contribution >= 4 is 10.9 Å². The number of fused-ring (bicyclic) bond motifs is 1. The van der Waals surface area contributed by atoms with Crippen molar-refractivity contribution in [1.82, 2.24) is 10.3 Å². The number of piperidine rings is 1. The maximum absolute atomic E-state index is 5.71. The van der Waals surface area contributed by atoms with Gasteiger partial charge in [0.15, 0.2) is 0 Å². The summed E-state index contributed by atoms with van der Waals surface area (Å²) in [6.07, 6.45) is 4.45. The normalized spacial score (nSPS) is 17.2. The Morgan fingerprint density at radius 1 is 1.22 bits per heavy atom. The number of benzene rings is 1. The molecule has 0 amide bonds. The molecule has 1 saturated heterocycles. The molecule has 1 fully saturated rings. The summed E-state index contributed by atoms with van der Waals surface area (Å²) < 4.78 is 5.71. The number of ether oxygens (including phenoxy) is 1. The summed E-state index contributed by atoms with van der Waals surface area (Å²) in [6, 6.07) is 4.41. The molecule has 2 aromatic rings. The molecule has 3 heteroatoms. The van der Waals surface area contributed by atoms with Crippen LogP contribution in [0.15, 0.2) is 18.3 Å². The second-order valence-electron chi connectivity index (χ2n) is 5.11. The standard InChI is InChI=1S/C15H20N2O/c1-10-9-17-13-4-3-12(15(18-2)14(10)13)11-5-7-16-8-6-11/h3-4,9,11,16-17H,5-8H2,1-2H3. The Morgan fingerprint density at radius 3 is 2.72 bits per heavy atom. The SMILES string of the molecule is COc1c(C2CCNCC2)ccc2[nH]cc(C)c12. The fraction of sp³-hybridized carbons (Fsp3) is 0.467. The molecule has 0 spiro atoms. The molecule has 1 aromatic heterocycles. The summed E-state index contributed by atoms with van der Waals surface area (Å²) in [6.45, 7) is 4.35. The van der Waals surface area contributed by atoms with Gasteiger partial charge < -0.3 is 15.0 Å². The van der Waals surface area contributed by atoms with Gasteiger partial charge in [-0.3, -0.25) is 0 Å². The van der Waals surface area contributed by atoms with Crippen molar-refractivity contribution in [3.63, 3.8) is 0 Å². The number of hydrogen-bond donors (Lipinski definition) is 2. The molecule has 0 unspecified atom stereocenters. The van der Waals surface area contributed by atoms with Gasteiger partial charge in [-0.05, 0) is 56.0 Å². The monoisotopic (exact) mass is 244 g/mol. The van der Waals surface area contributed by atoms with Gasteiger partial charge in [0.05, 0.1) is 7.11 Å². The zero-order valence-corrected chi connectivity index (χ0v) is 11.0. The molecule has 0 atom stereocenters. The lowest BCUT2D eigenvalue weighted by Gasteiger charge is -2.25. The number of aromatic nitrogens is 1. The van der Waals surface area contributed by atoms with Gasteiger partial charge in [-0.1, -0.05) is 6.07 Å². The highest BCUT2D eigenvalue weighted by molar-refractivity contribution is 5.90. The van der Waals surface area contributed by atoms with E-state index in [1.165, 1.54) is 34.9 Å². The first kappa shape index (κ1) is 11.6. The van der Waals surface area contributed by atoms with E-state index in [-0.39, 0.29) is 0 Å². The molecule has 2 N–H and O–H groups in total. The van der Waals surface area contributed by atoms with Crippen LogP contribution < -0.4 is 10.1 Å². The lowest BCUT2D eigenvalue weighted by Crippen LogP contribution is -2.26. The van der Waals surface area contributed by atoms with E-state index in [1.807, 2.05) is 0 Å². The number of aryl methyl sites for hydroxylation is 1. The first-order chi connectivity index (χ1) is 8.81. The van der Waals surface area contributed by atoms with E-state index in [2.05, 4.69) is 35.6 Å². The van der Waals surface area contributed by atoms with Crippen LogP contribution in [0.5, 0.6) is 5.75 Å². The van der Waals surface area contributed by atoms with E-state index in [1.54, 1.807) is 7.11 Å².